The quantitative estimate of drug-likeness (QED) is 0.661. The van der Waals surface area contributed by atoms with Crippen molar-refractivity contribution in [3.05, 3.63) is 23.3 Å². The van der Waals surface area contributed by atoms with E-state index >= 15 is 0 Å². The van der Waals surface area contributed by atoms with Crippen LogP contribution in [-0.4, -0.2) is 31.7 Å². The van der Waals surface area contributed by atoms with Crippen LogP contribution in [0.3, 0.4) is 0 Å². The minimum atomic E-state index is 0.0613. The molecule has 1 aromatic rings. The summed E-state index contributed by atoms with van der Waals surface area (Å²) in [5.74, 6) is 2.38. The van der Waals surface area contributed by atoms with E-state index in [0.717, 1.165) is 35.7 Å². The third-order valence-corrected chi connectivity index (χ3v) is 3.04. The highest BCUT2D eigenvalue weighted by molar-refractivity contribution is 6.18. The van der Waals surface area contributed by atoms with Gasteiger partial charge in [-0.2, -0.15) is 0 Å². The van der Waals surface area contributed by atoms with Crippen molar-refractivity contribution in [3.63, 3.8) is 0 Å². The van der Waals surface area contributed by atoms with E-state index in [2.05, 4.69) is 17.4 Å². The molecular weight excluding hydrogens is 238 g/mol. The van der Waals surface area contributed by atoms with E-state index in [-0.39, 0.29) is 6.10 Å². The fourth-order valence-electron chi connectivity index (χ4n) is 1.89. The van der Waals surface area contributed by atoms with E-state index < -0.39 is 0 Å². The molecule has 1 heterocycles. The second-order valence-corrected chi connectivity index (χ2v) is 4.68. The monoisotopic (exact) mass is 255 g/mol. The summed E-state index contributed by atoms with van der Waals surface area (Å²) in [5.41, 5.74) is 2.24. The SMILES string of the molecule is Cc1ccc(C)c2c1OCC(CNCCCl)O2. The summed E-state index contributed by atoms with van der Waals surface area (Å²) in [5, 5.41) is 3.23. The van der Waals surface area contributed by atoms with E-state index in [0.29, 0.717) is 12.5 Å². The largest absolute Gasteiger partial charge is 0.485 e. The Kier molecular flexibility index (Phi) is 4.13. The van der Waals surface area contributed by atoms with Gasteiger partial charge >= 0.3 is 0 Å². The summed E-state index contributed by atoms with van der Waals surface area (Å²) in [7, 11) is 0. The van der Waals surface area contributed by atoms with Crippen LogP contribution in [0.4, 0.5) is 0 Å². The molecule has 0 radical (unpaired) electrons. The smallest absolute Gasteiger partial charge is 0.165 e. The predicted octanol–water partition coefficient (Wildman–Crippen LogP) is 2.27. The molecule has 1 unspecified atom stereocenters. The summed E-state index contributed by atoms with van der Waals surface area (Å²) < 4.78 is 11.7. The lowest BCUT2D eigenvalue weighted by Crippen LogP contribution is -2.39. The van der Waals surface area contributed by atoms with Crippen LogP contribution < -0.4 is 14.8 Å². The molecule has 1 aromatic carbocycles. The fourth-order valence-corrected chi connectivity index (χ4v) is 2.03. The van der Waals surface area contributed by atoms with Crippen molar-refractivity contribution >= 4 is 11.6 Å². The second-order valence-electron chi connectivity index (χ2n) is 4.30. The van der Waals surface area contributed by atoms with Gasteiger partial charge < -0.3 is 14.8 Å². The van der Waals surface area contributed by atoms with E-state index in [1.807, 2.05) is 13.8 Å². The van der Waals surface area contributed by atoms with Gasteiger partial charge in [0.05, 0.1) is 0 Å². The van der Waals surface area contributed by atoms with Crippen LogP contribution >= 0.6 is 11.6 Å². The Morgan fingerprint density at radius 1 is 1.29 bits per heavy atom. The fraction of sp³-hybridized carbons (Fsp3) is 0.538. The Labute approximate surface area is 107 Å². The Morgan fingerprint density at radius 2 is 2.00 bits per heavy atom. The summed E-state index contributed by atoms with van der Waals surface area (Å²) in [6, 6.07) is 4.12. The van der Waals surface area contributed by atoms with Gasteiger partial charge in [0, 0.05) is 19.0 Å². The van der Waals surface area contributed by atoms with Gasteiger partial charge in [0.1, 0.15) is 12.7 Å². The highest BCUT2D eigenvalue weighted by atomic mass is 35.5. The summed E-state index contributed by atoms with van der Waals surface area (Å²) in [4.78, 5) is 0. The van der Waals surface area contributed by atoms with Crippen LogP contribution in [-0.2, 0) is 0 Å². The third kappa shape index (κ3) is 2.85. The number of rotatable bonds is 4. The van der Waals surface area contributed by atoms with Crippen LogP contribution in [0.15, 0.2) is 12.1 Å². The van der Waals surface area contributed by atoms with Crippen molar-refractivity contribution in [2.45, 2.75) is 20.0 Å². The van der Waals surface area contributed by atoms with Gasteiger partial charge in [-0.1, -0.05) is 12.1 Å². The molecule has 0 aliphatic carbocycles. The van der Waals surface area contributed by atoms with Crippen molar-refractivity contribution in [2.24, 2.45) is 0 Å². The zero-order valence-electron chi connectivity index (χ0n) is 10.3. The molecular formula is C13H18ClNO2. The van der Waals surface area contributed by atoms with Crippen LogP contribution in [0.2, 0.25) is 0 Å². The average Bonchev–Trinajstić information content (AvgIpc) is 2.34. The summed E-state index contributed by atoms with van der Waals surface area (Å²) in [6.07, 6.45) is 0.0613. The average molecular weight is 256 g/mol. The number of halogens is 1. The molecule has 0 saturated carbocycles. The Hall–Kier alpha value is -0.930. The first-order chi connectivity index (χ1) is 8.22. The van der Waals surface area contributed by atoms with Crippen LogP contribution in [0.25, 0.3) is 0 Å². The highest BCUT2D eigenvalue weighted by Crippen LogP contribution is 2.37. The van der Waals surface area contributed by atoms with Crippen LogP contribution in [0, 0.1) is 13.8 Å². The zero-order valence-corrected chi connectivity index (χ0v) is 11.0. The molecule has 0 amide bonds. The molecule has 0 bridgehead atoms. The molecule has 17 heavy (non-hydrogen) atoms. The number of alkyl halides is 1. The topological polar surface area (TPSA) is 30.5 Å². The van der Waals surface area contributed by atoms with Crippen LogP contribution in [0.5, 0.6) is 11.5 Å². The Morgan fingerprint density at radius 3 is 2.71 bits per heavy atom. The molecule has 3 nitrogen and oxygen atoms in total. The zero-order chi connectivity index (χ0) is 12.3. The van der Waals surface area contributed by atoms with E-state index in [9.17, 15) is 0 Å². The number of fused-ring (bicyclic) bond motifs is 1. The van der Waals surface area contributed by atoms with E-state index in [4.69, 9.17) is 21.1 Å². The third-order valence-electron chi connectivity index (χ3n) is 2.85. The molecule has 1 atom stereocenters. The molecule has 1 aliphatic heterocycles. The first-order valence-electron chi connectivity index (χ1n) is 5.88. The van der Waals surface area contributed by atoms with Gasteiger partial charge in [-0.25, -0.2) is 0 Å². The predicted molar refractivity (Wildman–Crippen MR) is 69.4 cm³/mol. The number of benzene rings is 1. The van der Waals surface area contributed by atoms with Crippen molar-refractivity contribution in [1.29, 1.82) is 0 Å². The molecule has 0 spiro atoms. The molecule has 2 rings (SSSR count). The molecule has 0 fully saturated rings. The maximum atomic E-state index is 5.96. The lowest BCUT2D eigenvalue weighted by atomic mass is 10.1. The van der Waals surface area contributed by atoms with Gasteiger partial charge in [0.15, 0.2) is 11.5 Å². The Balaban J connectivity index is 2.05. The van der Waals surface area contributed by atoms with Crippen molar-refractivity contribution in [1.82, 2.24) is 5.32 Å². The summed E-state index contributed by atoms with van der Waals surface area (Å²) in [6.45, 7) is 6.22. The number of aryl methyl sites for hydroxylation is 2. The maximum Gasteiger partial charge on any atom is 0.165 e. The van der Waals surface area contributed by atoms with Crippen molar-refractivity contribution < 1.29 is 9.47 Å². The number of nitrogens with one attached hydrogen (secondary N) is 1. The van der Waals surface area contributed by atoms with Gasteiger partial charge in [-0.15, -0.1) is 11.6 Å². The molecule has 1 aliphatic rings. The first kappa shape index (κ1) is 12.5. The highest BCUT2D eigenvalue weighted by Gasteiger charge is 2.23. The number of hydrogen-bond donors (Lipinski definition) is 1. The lowest BCUT2D eigenvalue weighted by Gasteiger charge is -2.29. The minimum absolute atomic E-state index is 0.0613. The molecule has 1 N–H and O–H groups in total. The lowest BCUT2D eigenvalue weighted by molar-refractivity contribution is 0.0893. The second kappa shape index (κ2) is 5.61. The first-order valence-corrected chi connectivity index (χ1v) is 6.42. The van der Waals surface area contributed by atoms with Crippen molar-refractivity contribution in [2.75, 3.05) is 25.6 Å². The van der Waals surface area contributed by atoms with Gasteiger partial charge in [-0.05, 0) is 25.0 Å². The molecule has 94 valence electrons. The van der Waals surface area contributed by atoms with Crippen LogP contribution in [0.1, 0.15) is 11.1 Å². The number of ether oxygens (including phenoxy) is 2. The Bertz CT molecular complexity index is 395. The van der Waals surface area contributed by atoms with E-state index in [1.54, 1.807) is 0 Å². The van der Waals surface area contributed by atoms with E-state index in [1.165, 1.54) is 0 Å². The van der Waals surface area contributed by atoms with Crippen molar-refractivity contribution in [3.8, 4) is 11.5 Å². The van der Waals surface area contributed by atoms with Gasteiger partial charge in [0.2, 0.25) is 0 Å². The maximum absolute atomic E-state index is 5.96. The summed E-state index contributed by atoms with van der Waals surface area (Å²) >= 11 is 5.61. The van der Waals surface area contributed by atoms with Gasteiger partial charge in [0.25, 0.3) is 0 Å². The standard InChI is InChI=1S/C13H18ClNO2/c1-9-3-4-10(2)13-12(9)16-8-11(17-13)7-15-6-5-14/h3-4,11,15H,5-8H2,1-2H3. The number of hydrogen-bond acceptors (Lipinski definition) is 3. The molecule has 4 heteroatoms. The minimum Gasteiger partial charge on any atom is -0.485 e. The molecule has 0 aromatic heterocycles. The van der Waals surface area contributed by atoms with Gasteiger partial charge in [-0.3, -0.25) is 0 Å². The normalized spacial score (nSPS) is 18.2. The molecule has 0 saturated heterocycles.